The molecule has 0 amide bonds. The van der Waals surface area contributed by atoms with Crippen molar-refractivity contribution in [3.05, 3.63) is 89.5 Å². The van der Waals surface area contributed by atoms with E-state index in [-0.39, 0.29) is 12.4 Å². The first-order valence-corrected chi connectivity index (χ1v) is 12.8. The Morgan fingerprint density at radius 2 is 1.44 bits per heavy atom. The van der Waals surface area contributed by atoms with Crippen molar-refractivity contribution in [2.24, 2.45) is 11.8 Å². The van der Waals surface area contributed by atoms with Crippen LogP contribution in [0.3, 0.4) is 0 Å². The minimum atomic E-state index is -0.658. The molecule has 0 saturated heterocycles. The number of rotatable bonds is 9. The molecule has 1 atom stereocenters. The fraction of sp³-hybridized carbons (Fsp3) is 0.419. The van der Waals surface area contributed by atoms with Crippen molar-refractivity contribution in [2.75, 3.05) is 6.61 Å². The van der Waals surface area contributed by atoms with Gasteiger partial charge in [0.2, 0.25) is 0 Å². The summed E-state index contributed by atoms with van der Waals surface area (Å²) in [6, 6.07) is 21.7. The maximum Gasteiger partial charge on any atom is 0.190 e. The molecule has 3 heteroatoms. The van der Waals surface area contributed by atoms with Gasteiger partial charge in [-0.1, -0.05) is 87.2 Å². The summed E-state index contributed by atoms with van der Waals surface area (Å²) in [5.74, 6) is 0.674. The Labute approximate surface area is 203 Å². The summed E-state index contributed by atoms with van der Waals surface area (Å²) >= 11 is 0. The normalized spacial score (nSPS) is 19.1. The molecule has 1 aliphatic carbocycles. The molecular weight excluding hydrogens is 426 g/mol. The maximum absolute atomic E-state index is 14.2. The Bertz CT molecular complexity index is 1010. The van der Waals surface area contributed by atoms with Crippen molar-refractivity contribution in [3.8, 4) is 16.9 Å². The van der Waals surface area contributed by atoms with Gasteiger partial charge in [-0.2, -0.15) is 0 Å². The predicted octanol–water partition coefficient (Wildman–Crippen LogP) is 8.96. The van der Waals surface area contributed by atoms with E-state index in [0.29, 0.717) is 11.5 Å². The van der Waals surface area contributed by atoms with E-state index in [9.17, 15) is 8.78 Å². The van der Waals surface area contributed by atoms with Crippen LogP contribution in [0, 0.1) is 23.5 Å². The number of aryl methyl sites for hydroxylation is 1. The molecule has 0 aliphatic heterocycles. The van der Waals surface area contributed by atoms with Crippen LogP contribution in [0.1, 0.15) is 69.4 Å². The lowest BCUT2D eigenvalue weighted by molar-refractivity contribution is 0.245. The Hall–Kier alpha value is -2.68. The van der Waals surface area contributed by atoms with Gasteiger partial charge < -0.3 is 4.74 Å². The van der Waals surface area contributed by atoms with E-state index in [1.807, 2.05) is 12.1 Å². The van der Waals surface area contributed by atoms with E-state index < -0.39 is 11.6 Å². The molecule has 34 heavy (non-hydrogen) atoms. The van der Waals surface area contributed by atoms with Crippen LogP contribution in [0.15, 0.2) is 66.7 Å². The first kappa shape index (κ1) is 24.4. The average Bonchev–Trinajstić information content (AvgIpc) is 2.86. The molecule has 1 unspecified atom stereocenters. The minimum absolute atomic E-state index is 0.232. The summed E-state index contributed by atoms with van der Waals surface area (Å²) < 4.78 is 33.5. The second-order valence-electron chi connectivity index (χ2n) is 9.87. The molecule has 0 spiro atoms. The van der Waals surface area contributed by atoms with E-state index in [4.69, 9.17) is 4.74 Å². The first-order chi connectivity index (χ1) is 16.5. The van der Waals surface area contributed by atoms with Gasteiger partial charge in [-0.25, -0.2) is 8.78 Å². The summed E-state index contributed by atoms with van der Waals surface area (Å²) in [5.41, 5.74) is 4.10. The molecule has 1 fully saturated rings. The molecule has 3 aromatic rings. The minimum Gasteiger partial charge on any atom is -0.488 e. The van der Waals surface area contributed by atoms with E-state index in [2.05, 4.69) is 49.4 Å². The molecule has 0 aromatic heterocycles. The van der Waals surface area contributed by atoms with Gasteiger partial charge in [0.05, 0.1) is 6.61 Å². The molecule has 0 heterocycles. The van der Waals surface area contributed by atoms with Gasteiger partial charge in [-0.05, 0) is 78.3 Å². The lowest BCUT2D eigenvalue weighted by Gasteiger charge is -2.30. The molecule has 1 aliphatic rings. The van der Waals surface area contributed by atoms with Crippen LogP contribution in [0.25, 0.3) is 11.1 Å². The van der Waals surface area contributed by atoms with Crippen LogP contribution in [-0.2, 0) is 6.42 Å². The van der Waals surface area contributed by atoms with Gasteiger partial charge in [-0.15, -0.1) is 0 Å². The van der Waals surface area contributed by atoms with Crippen molar-refractivity contribution >= 4 is 0 Å². The molecule has 3 aromatic carbocycles. The van der Waals surface area contributed by atoms with Crippen molar-refractivity contribution < 1.29 is 13.5 Å². The third-order valence-corrected chi connectivity index (χ3v) is 7.44. The summed E-state index contributed by atoms with van der Waals surface area (Å²) in [6.45, 7) is 4.31. The van der Waals surface area contributed by atoms with E-state index in [1.165, 1.54) is 61.8 Å². The third-order valence-electron chi connectivity index (χ3n) is 7.44. The van der Waals surface area contributed by atoms with Gasteiger partial charge >= 0.3 is 0 Å². The molecule has 1 nitrogen and oxygen atoms in total. The molecule has 4 rings (SSSR count). The van der Waals surface area contributed by atoms with Gasteiger partial charge in [-0.3, -0.25) is 0 Å². The Kier molecular flexibility index (Phi) is 8.37. The highest BCUT2D eigenvalue weighted by molar-refractivity contribution is 5.65. The fourth-order valence-electron chi connectivity index (χ4n) is 5.42. The lowest BCUT2D eigenvalue weighted by atomic mass is 9.75. The van der Waals surface area contributed by atoms with Crippen molar-refractivity contribution in [1.82, 2.24) is 0 Å². The zero-order chi connectivity index (χ0) is 23.9. The van der Waals surface area contributed by atoms with Crippen molar-refractivity contribution in [1.29, 1.82) is 0 Å². The van der Waals surface area contributed by atoms with Crippen LogP contribution < -0.4 is 4.74 Å². The van der Waals surface area contributed by atoms with Gasteiger partial charge in [0.25, 0.3) is 0 Å². The van der Waals surface area contributed by atoms with E-state index >= 15 is 0 Å². The first-order valence-electron chi connectivity index (χ1n) is 12.8. The van der Waals surface area contributed by atoms with E-state index in [0.717, 1.165) is 23.8 Å². The summed E-state index contributed by atoms with van der Waals surface area (Å²) in [5, 5.41) is 0. The zero-order valence-corrected chi connectivity index (χ0v) is 20.4. The standard InChI is InChI=1S/C31H36F2O/c1-3-34-31-29(32)20-28(21-30(31)33)27-17-15-24(16-18-27)10-9-23-11-13-25(14-12-23)19-22(2)26-7-5-4-6-8-26/h4-8,15-18,20-23,25H,3,9-14,19H2,1-2H3. The largest absolute Gasteiger partial charge is 0.488 e. The van der Waals surface area contributed by atoms with Crippen LogP contribution in [0.4, 0.5) is 8.78 Å². The second-order valence-corrected chi connectivity index (χ2v) is 9.87. The van der Waals surface area contributed by atoms with Crippen LogP contribution >= 0.6 is 0 Å². The van der Waals surface area contributed by atoms with E-state index in [1.54, 1.807) is 6.92 Å². The Balaban J connectivity index is 1.25. The third kappa shape index (κ3) is 6.25. The Morgan fingerprint density at radius 1 is 0.824 bits per heavy atom. The highest BCUT2D eigenvalue weighted by Crippen LogP contribution is 2.37. The van der Waals surface area contributed by atoms with Crippen molar-refractivity contribution in [3.63, 3.8) is 0 Å². The zero-order valence-electron chi connectivity index (χ0n) is 20.4. The van der Waals surface area contributed by atoms with Gasteiger partial charge in [0, 0.05) is 0 Å². The topological polar surface area (TPSA) is 9.23 Å². The molecule has 180 valence electrons. The van der Waals surface area contributed by atoms with Crippen LogP contribution in [0.2, 0.25) is 0 Å². The summed E-state index contributed by atoms with van der Waals surface area (Å²) in [7, 11) is 0. The molecule has 0 N–H and O–H groups in total. The van der Waals surface area contributed by atoms with Crippen LogP contribution in [-0.4, -0.2) is 6.61 Å². The molecular formula is C31H36F2O. The van der Waals surface area contributed by atoms with Crippen LogP contribution in [0.5, 0.6) is 5.75 Å². The summed E-state index contributed by atoms with van der Waals surface area (Å²) in [6.07, 6.45) is 8.91. The maximum atomic E-state index is 14.2. The smallest absolute Gasteiger partial charge is 0.190 e. The van der Waals surface area contributed by atoms with Gasteiger partial charge in [0.15, 0.2) is 17.4 Å². The molecule has 0 bridgehead atoms. The SMILES string of the molecule is CCOc1c(F)cc(-c2ccc(CCC3CCC(CC(C)c4ccccc4)CC3)cc2)cc1F. The second kappa shape index (κ2) is 11.6. The number of hydrogen-bond donors (Lipinski definition) is 0. The number of halogens is 2. The fourth-order valence-corrected chi connectivity index (χ4v) is 5.42. The monoisotopic (exact) mass is 462 g/mol. The highest BCUT2D eigenvalue weighted by Gasteiger charge is 2.23. The quantitative estimate of drug-likeness (QED) is 0.308. The average molecular weight is 463 g/mol. The summed E-state index contributed by atoms with van der Waals surface area (Å²) in [4.78, 5) is 0. The number of benzene rings is 3. The van der Waals surface area contributed by atoms with Gasteiger partial charge in [0.1, 0.15) is 0 Å². The number of ether oxygens (including phenoxy) is 1. The predicted molar refractivity (Wildman–Crippen MR) is 136 cm³/mol. The lowest BCUT2D eigenvalue weighted by Crippen LogP contribution is -2.16. The molecule has 1 saturated carbocycles. The highest BCUT2D eigenvalue weighted by atomic mass is 19.1. The van der Waals surface area contributed by atoms with Crippen molar-refractivity contribution in [2.45, 2.75) is 64.7 Å². The molecule has 0 radical (unpaired) electrons. The Morgan fingerprint density at radius 3 is 2.06 bits per heavy atom. The number of hydrogen-bond acceptors (Lipinski definition) is 1.